The summed E-state index contributed by atoms with van der Waals surface area (Å²) in [5, 5.41) is 0.0714. The van der Waals surface area contributed by atoms with E-state index < -0.39 is 15.3 Å². The molecule has 0 saturated carbocycles. The summed E-state index contributed by atoms with van der Waals surface area (Å²) in [4.78, 5) is 23.2. The third-order valence-corrected chi connectivity index (χ3v) is 7.28. The maximum atomic E-state index is 12.7. The van der Waals surface area contributed by atoms with Crippen LogP contribution in [0.3, 0.4) is 0 Å². The summed E-state index contributed by atoms with van der Waals surface area (Å²) in [7, 11) is -3.53. The van der Waals surface area contributed by atoms with Crippen molar-refractivity contribution in [1.29, 1.82) is 0 Å². The fourth-order valence-corrected chi connectivity index (χ4v) is 5.34. The van der Waals surface area contributed by atoms with Gasteiger partial charge in [0.15, 0.2) is 5.16 Å². The van der Waals surface area contributed by atoms with Gasteiger partial charge in [0.1, 0.15) is 5.82 Å². The van der Waals surface area contributed by atoms with Crippen LogP contribution in [0.25, 0.3) is 0 Å². The average molecular weight is 422 g/mol. The Balaban J connectivity index is 1.60. The maximum absolute atomic E-state index is 12.7. The van der Waals surface area contributed by atoms with Gasteiger partial charge in [-0.05, 0) is 26.0 Å². The van der Waals surface area contributed by atoms with E-state index in [0.29, 0.717) is 24.1 Å². The Morgan fingerprint density at radius 2 is 1.79 bits per heavy atom. The van der Waals surface area contributed by atoms with Gasteiger partial charge in [-0.25, -0.2) is 18.4 Å². The second-order valence-electron chi connectivity index (χ2n) is 6.52. The first-order valence-corrected chi connectivity index (χ1v) is 11.2. The van der Waals surface area contributed by atoms with Gasteiger partial charge in [0.25, 0.3) is 0 Å². The van der Waals surface area contributed by atoms with Crippen molar-refractivity contribution in [3.8, 4) is 0 Å². The maximum Gasteiger partial charge on any atom is 0.243 e. The third-order valence-electron chi connectivity index (χ3n) is 4.41. The van der Waals surface area contributed by atoms with Crippen molar-refractivity contribution in [2.24, 2.45) is 0 Å². The fourth-order valence-electron chi connectivity index (χ4n) is 2.97. The van der Waals surface area contributed by atoms with Crippen molar-refractivity contribution in [2.45, 2.75) is 29.1 Å². The molecule has 150 valence electrons. The number of nitrogen functional groups attached to an aromatic ring is 1. The Bertz CT molecular complexity index is 925. The van der Waals surface area contributed by atoms with Gasteiger partial charge in [0.2, 0.25) is 15.9 Å². The molecule has 1 aromatic carbocycles. The van der Waals surface area contributed by atoms with Crippen LogP contribution in [0.4, 0.5) is 5.82 Å². The zero-order valence-corrected chi connectivity index (χ0v) is 17.4. The van der Waals surface area contributed by atoms with Gasteiger partial charge in [-0.1, -0.05) is 30.0 Å². The van der Waals surface area contributed by atoms with Crippen LogP contribution >= 0.6 is 11.8 Å². The lowest BCUT2D eigenvalue weighted by molar-refractivity contribution is -0.131. The monoisotopic (exact) mass is 421 g/mol. The molecule has 8 nitrogen and oxygen atoms in total. The minimum atomic E-state index is -3.53. The van der Waals surface area contributed by atoms with Crippen molar-refractivity contribution in [3.05, 3.63) is 42.1 Å². The number of nitrogens with zero attached hydrogens (tertiary/aromatic N) is 4. The van der Waals surface area contributed by atoms with Gasteiger partial charge >= 0.3 is 0 Å². The molecule has 0 radical (unpaired) electrons. The van der Waals surface area contributed by atoms with Crippen LogP contribution < -0.4 is 5.73 Å². The minimum absolute atomic E-state index is 0.0644. The largest absolute Gasteiger partial charge is 0.384 e. The molecule has 0 unspecified atom stereocenters. The van der Waals surface area contributed by atoms with E-state index in [2.05, 4.69) is 9.97 Å². The second kappa shape index (κ2) is 8.46. The molecule has 1 amide bonds. The Kier molecular flexibility index (Phi) is 6.21. The summed E-state index contributed by atoms with van der Waals surface area (Å²) >= 11 is 1.25. The number of aryl methyl sites for hydroxylation is 1. The summed E-state index contributed by atoms with van der Waals surface area (Å²) in [5.74, 6) is 0.305. The lowest BCUT2D eigenvalue weighted by Gasteiger charge is -2.35. The second-order valence-corrected chi connectivity index (χ2v) is 9.77. The number of nitrogens with two attached hydrogens (primary N) is 1. The van der Waals surface area contributed by atoms with Gasteiger partial charge in [-0.2, -0.15) is 4.31 Å². The number of benzene rings is 1. The third kappa shape index (κ3) is 4.62. The molecule has 2 heterocycles. The molecule has 0 aliphatic carbocycles. The van der Waals surface area contributed by atoms with Crippen LogP contribution in [-0.2, 0) is 14.8 Å². The van der Waals surface area contributed by atoms with Crippen LogP contribution in [0.15, 0.2) is 46.5 Å². The standard InChI is InChI=1S/C18H23N5O3S2/c1-13-12-16(19)21-18(20-13)27-14(2)17(24)22-8-10-23(11-9-22)28(25,26)15-6-4-3-5-7-15/h3-7,12,14H,8-11H2,1-2H3,(H2,19,20,21)/t14-/m1/s1. The highest BCUT2D eigenvalue weighted by Gasteiger charge is 2.31. The Morgan fingerprint density at radius 3 is 2.39 bits per heavy atom. The van der Waals surface area contributed by atoms with E-state index >= 15 is 0 Å². The predicted molar refractivity (Wildman–Crippen MR) is 108 cm³/mol. The van der Waals surface area contributed by atoms with E-state index in [-0.39, 0.29) is 23.9 Å². The van der Waals surface area contributed by atoms with Crippen molar-refractivity contribution < 1.29 is 13.2 Å². The number of thioether (sulfide) groups is 1. The van der Waals surface area contributed by atoms with Gasteiger partial charge in [0, 0.05) is 37.9 Å². The normalized spacial score (nSPS) is 16.7. The van der Waals surface area contributed by atoms with Crippen LogP contribution in [-0.4, -0.2) is 64.9 Å². The lowest BCUT2D eigenvalue weighted by Crippen LogP contribution is -2.52. The molecular formula is C18H23N5O3S2. The molecule has 28 heavy (non-hydrogen) atoms. The quantitative estimate of drug-likeness (QED) is 0.574. The summed E-state index contributed by atoms with van der Waals surface area (Å²) in [6, 6.07) is 10.0. The Morgan fingerprint density at radius 1 is 1.14 bits per heavy atom. The molecule has 2 aromatic rings. The summed E-state index contributed by atoms with van der Waals surface area (Å²) in [6.07, 6.45) is 0. The molecule has 1 saturated heterocycles. The van der Waals surface area contributed by atoms with E-state index in [1.54, 1.807) is 48.2 Å². The molecule has 0 bridgehead atoms. The van der Waals surface area contributed by atoms with Crippen molar-refractivity contribution in [2.75, 3.05) is 31.9 Å². The Hall–Kier alpha value is -2.17. The highest BCUT2D eigenvalue weighted by atomic mass is 32.2. The van der Waals surface area contributed by atoms with E-state index in [1.165, 1.54) is 16.1 Å². The summed E-state index contributed by atoms with van der Waals surface area (Å²) in [6.45, 7) is 4.87. The molecule has 1 aliphatic rings. The number of carbonyl (C=O) groups excluding carboxylic acids is 1. The summed E-state index contributed by atoms with van der Waals surface area (Å²) in [5.41, 5.74) is 6.48. The lowest BCUT2D eigenvalue weighted by atomic mass is 10.3. The van der Waals surface area contributed by atoms with E-state index in [1.807, 2.05) is 6.92 Å². The molecule has 2 N–H and O–H groups in total. The van der Waals surface area contributed by atoms with Crippen molar-refractivity contribution in [1.82, 2.24) is 19.2 Å². The molecular weight excluding hydrogens is 398 g/mol. The molecule has 0 spiro atoms. The number of hydrogen-bond donors (Lipinski definition) is 1. The van der Waals surface area contributed by atoms with E-state index in [0.717, 1.165) is 5.69 Å². The SMILES string of the molecule is Cc1cc(N)nc(S[C@H](C)C(=O)N2CCN(S(=O)(=O)c3ccccc3)CC2)n1. The highest BCUT2D eigenvalue weighted by Crippen LogP contribution is 2.24. The average Bonchev–Trinajstić information content (AvgIpc) is 2.67. The zero-order valence-electron chi connectivity index (χ0n) is 15.8. The van der Waals surface area contributed by atoms with Gasteiger partial charge < -0.3 is 10.6 Å². The molecule has 1 aliphatic heterocycles. The van der Waals surface area contributed by atoms with Gasteiger partial charge in [-0.15, -0.1) is 0 Å². The molecule has 10 heteroatoms. The number of anilines is 1. The fraction of sp³-hybridized carbons (Fsp3) is 0.389. The zero-order chi connectivity index (χ0) is 20.3. The smallest absolute Gasteiger partial charge is 0.243 e. The van der Waals surface area contributed by atoms with Crippen molar-refractivity contribution >= 4 is 33.5 Å². The van der Waals surface area contributed by atoms with Gasteiger partial charge in [0.05, 0.1) is 10.1 Å². The van der Waals surface area contributed by atoms with Crippen LogP contribution in [0.2, 0.25) is 0 Å². The van der Waals surface area contributed by atoms with E-state index in [4.69, 9.17) is 5.73 Å². The number of hydrogen-bond acceptors (Lipinski definition) is 7. The topological polar surface area (TPSA) is 109 Å². The van der Waals surface area contributed by atoms with E-state index in [9.17, 15) is 13.2 Å². The highest BCUT2D eigenvalue weighted by molar-refractivity contribution is 8.00. The predicted octanol–water partition coefficient (Wildman–Crippen LogP) is 1.38. The Labute approximate surface area is 169 Å². The summed E-state index contributed by atoms with van der Waals surface area (Å²) < 4.78 is 26.8. The number of carbonyl (C=O) groups is 1. The number of rotatable bonds is 5. The number of sulfonamides is 1. The van der Waals surface area contributed by atoms with Crippen molar-refractivity contribution in [3.63, 3.8) is 0 Å². The molecule has 1 aromatic heterocycles. The minimum Gasteiger partial charge on any atom is -0.384 e. The first-order chi connectivity index (χ1) is 13.3. The molecule has 1 fully saturated rings. The number of amides is 1. The number of piperazine rings is 1. The number of aromatic nitrogens is 2. The van der Waals surface area contributed by atoms with Gasteiger partial charge in [-0.3, -0.25) is 4.79 Å². The van der Waals surface area contributed by atoms with Crippen LogP contribution in [0, 0.1) is 6.92 Å². The first kappa shape index (κ1) is 20.6. The first-order valence-electron chi connectivity index (χ1n) is 8.89. The van der Waals surface area contributed by atoms with Crippen LogP contribution in [0.1, 0.15) is 12.6 Å². The molecule has 3 rings (SSSR count). The molecule has 1 atom stereocenters. The van der Waals surface area contributed by atoms with Crippen LogP contribution in [0.5, 0.6) is 0 Å².